The number of anilines is 3. The number of aromatic nitrogens is 1. The van der Waals surface area contributed by atoms with E-state index in [2.05, 4.69) is 10.3 Å². The summed E-state index contributed by atoms with van der Waals surface area (Å²) >= 11 is 0. The van der Waals surface area contributed by atoms with E-state index >= 15 is 0 Å². The van der Waals surface area contributed by atoms with E-state index in [9.17, 15) is 4.79 Å². The van der Waals surface area contributed by atoms with Crippen LogP contribution in [0.4, 0.5) is 17.2 Å². The zero-order valence-electron chi connectivity index (χ0n) is 9.47. The second-order valence-electron chi connectivity index (χ2n) is 3.74. The van der Waals surface area contributed by atoms with Crippen molar-refractivity contribution in [3.05, 3.63) is 48.2 Å². The molecule has 2 rings (SSSR count). The number of Topliss-reactive ketones (excluding diaryl/α,β-unsaturated/α-hetero) is 1. The Morgan fingerprint density at radius 3 is 2.41 bits per heavy atom. The first-order valence-electron chi connectivity index (χ1n) is 5.25. The van der Waals surface area contributed by atoms with E-state index < -0.39 is 0 Å². The van der Waals surface area contributed by atoms with Gasteiger partial charge >= 0.3 is 0 Å². The monoisotopic (exact) mass is 227 g/mol. The Morgan fingerprint density at radius 1 is 1.18 bits per heavy atom. The summed E-state index contributed by atoms with van der Waals surface area (Å²) < 4.78 is 0. The molecule has 86 valence electrons. The number of pyridine rings is 1. The van der Waals surface area contributed by atoms with Crippen LogP contribution in [0.1, 0.15) is 17.3 Å². The predicted octanol–water partition coefficient (Wildman–Crippen LogP) is 2.61. The van der Waals surface area contributed by atoms with Crippen molar-refractivity contribution in [1.29, 1.82) is 0 Å². The molecule has 0 radical (unpaired) electrons. The topological polar surface area (TPSA) is 68.0 Å². The third kappa shape index (κ3) is 2.81. The fourth-order valence-electron chi connectivity index (χ4n) is 1.42. The average molecular weight is 227 g/mol. The maximum Gasteiger partial charge on any atom is 0.159 e. The fourth-order valence-corrected chi connectivity index (χ4v) is 1.42. The lowest BCUT2D eigenvalue weighted by Crippen LogP contribution is -1.96. The molecule has 4 heteroatoms. The number of nitrogen functional groups attached to an aromatic ring is 1. The molecule has 0 amide bonds. The van der Waals surface area contributed by atoms with E-state index in [1.807, 2.05) is 12.1 Å². The lowest BCUT2D eigenvalue weighted by Gasteiger charge is -2.06. The predicted molar refractivity (Wildman–Crippen MR) is 68.4 cm³/mol. The van der Waals surface area contributed by atoms with Crippen LogP contribution in [0.3, 0.4) is 0 Å². The number of rotatable bonds is 3. The van der Waals surface area contributed by atoms with Crippen molar-refractivity contribution in [3.8, 4) is 0 Å². The minimum Gasteiger partial charge on any atom is -0.397 e. The van der Waals surface area contributed by atoms with Crippen molar-refractivity contribution < 1.29 is 4.79 Å². The molecular formula is C13H13N3O. The van der Waals surface area contributed by atoms with Crippen LogP contribution in [0.2, 0.25) is 0 Å². The van der Waals surface area contributed by atoms with Gasteiger partial charge < -0.3 is 11.1 Å². The highest BCUT2D eigenvalue weighted by atomic mass is 16.1. The van der Waals surface area contributed by atoms with Crippen LogP contribution in [0.25, 0.3) is 0 Å². The first kappa shape index (κ1) is 11.1. The van der Waals surface area contributed by atoms with Crippen molar-refractivity contribution >= 4 is 23.0 Å². The number of ketones is 1. The number of benzene rings is 1. The molecule has 1 heterocycles. The molecule has 17 heavy (non-hydrogen) atoms. The van der Waals surface area contributed by atoms with Crippen molar-refractivity contribution in [1.82, 2.24) is 4.98 Å². The normalized spacial score (nSPS) is 9.94. The molecule has 3 N–H and O–H groups in total. The van der Waals surface area contributed by atoms with E-state index in [0.29, 0.717) is 11.3 Å². The molecule has 0 unspecified atom stereocenters. The van der Waals surface area contributed by atoms with Gasteiger partial charge in [0.15, 0.2) is 5.78 Å². The Bertz CT molecular complexity index is 517. The lowest BCUT2D eigenvalue weighted by atomic mass is 10.1. The largest absolute Gasteiger partial charge is 0.397 e. The van der Waals surface area contributed by atoms with Gasteiger partial charge in [0.05, 0.1) is 11.9 Å². The second kappa shape index (κ2) is 4.65. The minimum atomic E-state index is 0.0576. The number of hydrogen-bond acceptors (Lipinski definition) is 4. The number of carbonyl (C=O) groups excluding carboxylic acids is 1. The van der Waals surface area contributed by atoms with Gasteiger partial charge in [-0.25, -0.2) is 4.98 Å². The van der Waals surface area contributed by atoms with E-state index in [1.165, 1.54) is 0 Å². The first-order chi connectivity index (χ1) is 8.15. The standard InChI is InChI=1S/C13H13N3O/c1-9(17)10-2-5-12(6-3-10)16-13-7-4-11(14)8-15-13/h2-8H,14H2,1H3,(H,15,16). The minimum absolute atomic E-state index is 0.0576. The van der Waals surface area contributed by atoms with Crippen LogP contribution in [-0.4, -0.2) is 10.8 Å². The average Bonchev–Trinajstić information content (AvgIpc) is 2.33. The summed E-state index contributed by atoms with van der Waals surface area (Å²) in [6, 6.07) is 10.8. The molecule has 1 aromatic heterocycles. The van der Waals surface area contributed by atoms with E-state index in [-0.39, 0.29) is 5.78 Å². The van der Waals surface area contributed by atoms with Gasteiger partial charge in [-0.2, -0.15) is 0 Å². The summed E-state index contributed by atoms with van der Waals surface area (Å²) in [6.07, 6.45) is 1.59. The molecule has 0 aliphatic rings. The van der Waals surface area contributed by atoms with Gasteiger partial charge in [-0.3, -0.25) is 4.79 Å². The van der Waals surface area contributed by atoms with Crippen LogP contribution < -0.4 is 11.1 Å². The van der Waals surface area contributed by atoms with Crippen molar-refractivity contribution in [2.45, 2.75) is 6.92 Å². The molecule has 0 spiro atoms. The molecule has 0 atom stereocenters. The van der Waals surface area contributed by atoms with Gasteiger partial charge in [0.1, 0.15) is 5.82 Å². The maximum absolute atomic E-state index is 11.1. The van der Waals surface area contributed by atoms with Crippen LogP contribution in [0, 0.1) is 0 Å². The number of nitrogens with two attached hydrogens (primary N) is 1. The summed E-state index contributed by atoms with van der Waals surface area (Å²) in [5, 5.41) is 3.12. The number of carbonyl (C=O) groups is 1. The zero-order valence-corrected chi connectivity index (χ0v) is 9.47. The number of nitrogens with one attached hydrogen (secondary N) is 1. The van der Waals surface area contributed by atoms with Crippen LogP contribution in [0.15, 0.2) is 42.6 Å². The van der Waals surface area contributed by atoms with Crippen LogP contribution in [-0.2, 0) is 0 Å². The van der Waals surface area contributed by atoms with Gasteiger partial charge in [0.2, 0.25) is 0 Å². The first-order valence-corrected chi connectivity index (χ1v) is 5.25. The van der Waals surface area contributed by atoms with Crippen molar-refractivity contribution in [3.63, 3.8) is 0 Å². The third-order valence-electron chi connectivity index (χ3n) is 2.35. The quantitative estimate of drug-likeness (QED) is 0.791. The van der Waals surface area contributed by atoms with Gasteiger partial charge in [-0.05, 0) is 43.3 Å². The van der Waals surface area contributed by atoms with Gasteiger partial charge in [-0.15, -0.1) is 0 Å². The molecule has 1 aromatic carbocycles. The van der Waals surface area contributed by atoms with Crippen LogP contribution in [0.5, 0.6) is 0 Å². The third-order valence-corrected chi connectivity index (χ3v) is 2.35. The Morgan fingerprint density at radius 2 is 1.88 bits per heavy atom. The molecule has 4 nitrogen and oxygen atoms in total. The van der Waals surface area contributed by atoms with Crippen molar-refractivity contribution in [2.24, 2.45) is 0 Å². The summed E-state index contributed by atoms with van der Waals surface area (Å²) in [5.41, 5.74) is 7.75. The van der Waals surface area contributed by atoms with Crippen molar-refractivity contribution in [2.75, 3.05) is 11.1 Å². The molecule has 0 saturated carbocycles. The second-order valence-corrected chi connectivity index (χ2v) is 3.74. The Hall–Kier alpha value is -2.36. The molecule has 0 aliphatic heterocycles. The Kier molecular flexibility index (Phi) is 3.05. The summed E-state index contributed by atoms with van der Waals surface area (Å²) in [7, 11) is 0. The molecule has 0 fully saturated rings. The highest BCUT2D eigenvalue weighted by molar-refractivity contribution is 5.94. The molecule has 0 aliphatic carbocycles. The molecule has 2 aromatic rings. The van der Waals surface area contributed by atoms with Gasteiger partial charge in [0, 0.05) is 11.3 Å². The SMILES string of the molecule is CC(=O)c1ccc(Nc2ccc(N)cn2)cc1. The highest BCUT2D eigenvalue weighted by Gasteiger charge is 1.99. The summed E-state index contributed by atoms with van der Waals surface area (Å²) in [4.78, 5) is 15.2. The smallest absolute Gasteiger partial charge is 0.159 e. The Labute approximate surface area is 99.5 Å². The summed E-state index contributed by atoms with van der Waals surface area (Å²) in [5.74, 6) is 0.775. The summed E-state index contributed by atoms with van der Waals surface area (Å²) in [6.45, 7) is 1.55. The highest BCUT2D eigenvalue weighted by Crippen LogP contribution is 2.16. The zero-order chi connectivity index (χ0) is 12.3. The Balaban J connectivity index is 2.13. The van der Waals surface area contributed by atoms with E-state index in [4.69, 9.17) is 5.73 Å². The van der Waals surface area contributed by atoms with Gasteiger partial charge in [-0.1, -0.05) is 0 Å². The molecular weight excluding hydrogens is 214 g/mol. The molecule has 0 saturated heterocycles. The van der Waals surface area contributed by atoms with Crippen LogP contribution >= 0.6 is 0 Å². The van der Waals surface area contributed by atoms with E-state index in [1.54, 1.807) is 37.4 Å². The number of hydrogen-bond donors (Lipinski definition) is 2. The lowest BCUT2D eigenvalue weighted by molar-refractivity contribution is 0.101. The van der Waals surface area contributed by atoms with E-state index in [0.717, 1.165) is 11.5 Å². The maximum atomic E-state index is 11.1. The fraction of sp³-hybridized carbons (Fsp3) is 0.0769. The van der Waals surface area contributed by atoms with Gasteiger partial charge in [0.25, 0.3) is 0 Å². The number of nitrogens with zero attached hydrogens (tertiary/aromatic N) is 1. The molecule has 0 bridgehead atoms.